The number of carbonyl (C=O) groups excluding carboxylic acids is 1. The number of amides is 1. The first-order valence-corrected chi connectivity index (χ1v) is 6.47. The highest BCUT2D eigenvalue weighted by Gasteiger charge is 2.10. The predicted octanol–water partition coefficient (Wildman–Crippen LogP) is 2.31. The molecule has 7 heteroatoms. The third-order valence-corrected chi connectivity index (χ3v) is 3.31. The molecular weight excluding hydrogens is 264 g/mol. The number of H-pyrrole nitrogens is 1. The second-order valence-electron chi connectivity index (χ2n) is 3.82. The number of rotatable bonds is 4. The van der Waals surface area contributed by atoms with Crippen molar-refractivity contribution < 1.29 is 9.21 Å². The van der Waals surface area contributed by atoms with E-state index >= 15 is 0 Å². The lowest BCUT2D eigenvalue weighted by molar-refractivity contribution is -0.115. The molecule has 0 aliphatic rings. The maximum atomic E-state index is 11.8. The van der Waals surface area contributed by atoms with Crippen LogP contribution < -0.4 is 5.32 Å². The van der Waals surface area contributed by atoms with Crippen molar-refractivity contribution in [2.24, 2.45) is 0 Å². The number of furan rings is 1. The fourth-order valence-corrected chi connectivity index (χ4v) is 2.37. The molecule has 0 atom stereocenters. The zero-order valence-electron chi connectivity index (χ0n) is 9.79. The van der Waals surface area contributed by atoms with Gasteiger partial charge in [-0.3, -0.25) is 9.89 Å². The van der Waals surface area contributed by atoms with Crippen LogP contribution in [0.2, 0.25) is 0 Å². The largest absolute Gasteiger partial charge is 0.462 e. The summed E-state index contributed by atoms with van der Waals surface area (Å²) < 4.78 is 5.26. The molecule has 3 heterocycles. The van der Waals surface area contributed by atoms with E-state index < -0.39 is 0 Å². The normalized spacial score (nSPS) is 10.5. The Morgan fingerprint density at radius 1 is 1.47 bits per heavy atom. The van der Waals surface area contributed by atoms with Crippen LogP contribution in [0, 0.1) is 0 Å². The molecule has 0 saturated carbocycles. The van der Waals surface area contributed by atoms with Gasteiger partial charge in [0.25, 0.3) is 0 Å². The third-order valence-electron chi connectivity index (χ3n) is 2.40. The van der Waals surface area contributed by atoms with Gasteiger partial charge in [-0.25, -0.2) is 4.98 Å². The number of anilines is 1. The molecule has 0 fully saturated rings. The Balaban J connectivity index is 1.65. The van der Waals surface area contributed by atoms with Crippen LogP contribution in [0.1, 0.15) is 5.69 Å². The van der Waals surface area contributed by atoms with Gasteiger partial charge in [0, 0.05) is 11.4 Å². The Hall–Kier alpha value is -2.41. The number of nitrogens with one attached hydrogen (secondary N) is 2. The van der Waals surface area contributed by atoms with E-state index in [0.717, 1.165) is 5.01 Å². The highest BCUT2D eigenvalue weighted by molar-refractivity contribution is 7.13. The molecule has 3 rings (SSSR count). The maximum absolute atomic E-state index is 11.8. The number of carbonyl (C=O) groups is 1. The molecule has 2 N–H and O–H groups in total. The molecule has 0 spiro atoms. The minimum absolute atomic E-state index is 0.138. The van der Waals surface area contributed by atoms with Crippen LogP contribution in [0.4, 0.5) is 5.82 Å². The molecule has 0 bridgehead atoms. The molecule has 19 heavy (non-hydrogen) atoms. The van der Waals surface area contributed by atoms with Gasteiger partial charge in [-0.15, -0.1) is 11.3 Å². The first-order chi connectivity index (χ1) is 9.31. The number of aromatic amines is 1. The molecule has 96 valence electrons. The Labute approximate surface area is 112 Å². The van der Waals surface area contributed by atoms with Gasteiger partial charge in [-0.1, -0.05) is 0 Å². The lowest BCUT2D eigenvalue weighted by Crippen LogP contribution is -2.14. The Morgan fingerprint density at radius 2 is 2.42 bits per heavy atom. The first-order valence-electron chi connectivity index (χ1n) is 5.59. The highest BCUT2D eigenvalue weighted by Crippen LogP contribution is 2.24. The minimum atomic E-state index is -0.138. The molecule has 0 radical (unpaired) electrons. The van der Waals surface area contributed by atoms with Crippen LogP contribution in [-0.4, -0.2) is 21.1 Å². The standard InChI is InChI=1S/C12H10N4O2S/c17-11(15-10-3-4-13-16-10)6-8-7-19-12(14-8)9-2-1-5-18-9/h1-5,7H,6H2,(H2,13,15,16,17). The van der Waals surface area contributed by atoms with Crippen molar-refractivity contribution in [3.63, 3.8) is 0 Å². The summed E-state index contributed by atoms with van der Waals surface area (Å²) >= 11 is 1.45. The molecule has 0 unspecified atom stereocenters. The maximum Gasteiger partial charge on any atom is 0.231 e. The van der Waals surface area contributed by atoms with Crippen molar-refractivity contribution in [2.75, 3.05) is 5.32 Å². The molecule has 1 amide bonds. The van der Waals surface area contributed by atoms with Crippen molar-refractivity contribution in [1.82, 2.24) is 15.2 Å². The lowest BCUT2D eigenvalue weighted by atomic mass is 10.3. The first kappa shape index (κ1) is 11.7. The van der Waals surface area contributed by atoms with E-state index in [-0.39, 0.29) is 12.3 Å². The average Bonchev–Trinajstić information content (AvgIpc) is 3.09. The monoisotopic (exact) mass is 274 g/mol. The summed E-state index contributed by atoms with van der Waals surface area (Å²) in [6.45, 7) is 0. The zero-order valence-corrected chi connectivity index (χ0v) is 10.6. The SMILES string of the molecule is O=C(Cc1csc(-c2ccco2)n1)Nc1ccn[nH]1. The fraction of sp³-hybridized carbons (Fsp3) is 0.0833. The van der Waals surface area contributed by atoms with E-state index in [1.807, 2.05) is 11.4 Å². The van der Waals surface area contributed by atoms with Gasteiger partial charge in [0.05, 0.1) is 24.6 Å². The molecular formula is C12H10N4O2S. The van der Waals surface area contributed by atoms with Crippen molar-refractivity contribution in [3.05, 3.63) is 41.7 Å². The smallest absolute Gasteiger partial charge is 0.231 e. The van der Waals surface area contributed by atoms with E-state index in [9.17, 15) is 4.79 Å². The number of hydrogen-bond acceptors (Lipinski definition) is 5. The molecule has 0 saturated heterocycles. The van der Waals surface area contributed by atoms with Gasteiger partial charge >= 0.3 is 0 Å². The molecule has 0 aromatic carbocycles. The van der Waals surface area contributed by atoms with Crippen molar-refractivity contribution in [2.45, 2.75) is 6.42 Å². The molecule has 6 nitrogen and oxygen atoms in total. The van der Waals surface area contributed by atoms with E-state index in [1.165, 1.54) is 11.3 Å². The number of aromatic nitrogens is 3. The van der Waals surface area contributed by atoms with Crippen molar-refractivity contribution >= 4 is 23.1 Å². The summed E-state index contributed by atoms with van der Waals surface area (Å²) in [5, 5.41) is 11.7. The third kappa shape index (κ3) is 2.71. The minimum Gasteiger partial charge on any atom is -0.462 e. The number of hydrogen-bond donors (Lipinski definition) is 2. The van der Waals surface area contributed by atoms with Crippen LogP contribution in [0.3, 0.4) is 0 Å². The number of nitrogens with zero attached hydrogens (tertiary/aromatic N) is 2. The van der Waals surface area contributed by atoms with E-state index in [2.05, 4.69) is 20.5 Å². The Bertz CT molecular complexity index is 658. The van der Waals surface area contributed by atoms with Crippen molar-refractivity contribution in [1.29, 1.82) is 0 Å². The quantitative estimate of drug-likeness (QED) is 0.764. The van der Waals surface area contributed by atoms with E-state index in [0.29, 0.717) is 17.3 Å². The summed E-state index contributed by atoms with van der Waals surface area (Å²) in [7, 11) is 0. The summed E-state index contributed by atoms with van der Waals surface area (Å²) in [5.41, 5.74) is 0.716. The summed E-state index contributed by atoms with van der Waals surface area (Å²) in [6, 6.07) is 5.34. The van der Waals surface area contributed by atoms with Gasteiger partial charge < -0.3 is 9.73 Å². The second-order valence-corrected chi connectivity index (χ2v) is 4.67. The predicted molar refractivity (Wildman–Crippen MR) is 70.7 cm³/mol. The van der Waals surface area contributed by atoms with E-state index in [4.69, 9.17) is 4.42 Å². The summed E-state index contributed by atoms with van der Waals surface area (Å²) in [5.74, 6) is 1.15. The van der Waals surface area contributed by atoms with Gasteiger partial charge in [0.1, 0.15) is 5.82 Å². The van der Waals surface area contributed by atoms with E-state index in [1.54, 1.807) is 24.6 Å². The zero-order chi connectivity index (χ0) is 13.1. The van der Waals surface area contributed by atoms with Crippen LogP contribution in [0.15, 0.2) is 40.5 Å². The van der Waals surface area contributed by atoms with Gasteiger partial charge in [0.2, 0.25) is 5.91 Å². The van der Waals surface area contributed by atoms with Crippen molar-refractivity contribution in [3.8, 4) is 10.8 Å². The molecule has 0 aliphatic heterocycles. The Morgan fingerprint density at radius 3 is 3.16 bits per heavy atom. The molecule has 3 aromatic heterocycles. The van der Waals surface area contributed by atoms with Crippen LogP contribution in [-0.2, 0) is 11.2 Å². The molecule has 3 aromatic rings. The highest BCUT2D eigenvalue weighted by atomic mass is 32.1. The molecule has 0 aliphatic carbocycles. The topological polar surface area (TPSA) is 83.8 Å². The summed E-state index contributed by atoms with van der Waals surface area (Å²) in [4.78, 5) is 16.1. The van der Waals surface area contributed by atoms with Gasteiger partial charge in [-0.05, 0) is 12.1 Å². The fourth-order valence-electron chi connectivity index (χ4n) is 1.59. The Kier molecular flexibility index (Phi) is 3.11. The van der Waals surface area contributed by atoms with Gasteiger partial charge in [0.15, 0.2) is 10.8 Å². The average molecular weight is 274 g/mol. The lowest BCUT2D eigenvalue weighted by Gasteiger charge is -1.99. The second kappa shape index (κ2) is 5.07. The van der Waals surface area contributed by atoms with Crippen LogP contribution in [0.25, 0.3) is 10.8 Å². The van der Waals surface area contributed by atoms with Crippen LogP contribution >= 0.6 is 11.3 Å². The summed E-state index contributed by atoms with van der Waals surface area (Å²) in [6.07, 6.45) is 3.39. The van der Waals surface area contributed by atoms with Gasteiger partial charge in [-0.2, -0.15) is 5.10 Å². The van der Waals surface area contributed by atoms with Crippen LogP contribution in [0.5, 0.6) is 0 Å². The number of thiazole rings is 1.